The fourth-order valence-corrected chi connectivity index (χ4v) is 4.94. The maximum Gasteiger partial charge on any atom is 0.252 e. The number of carbonyl (C=O) groups excluding carboxylic acids is 1. The first-order valence-electron chi connectivity index (χ1n) is 6.63. The van der Waals surface area contributed by atoms with Crippen LogP contribution in [0.2, 0.25) is 0 Å². The SMILES string of the molecule is CC(=O)NCc1ccc(S(=O)(=O)N(C)C(C)C2CC2)s1. The minimum atomic E-state index is -3.42. The van der Waals surface area contributed by atoms with Crippen molar-refractivity contribution >= 4 is 27.3 Å². The first-order valence-corrected chi connectivity index (χ1v) is 8.89. The van der Waals surface area contributed by atoms with Crippen LogP contribution in [0.4, 0.5) is 0 Å². The van der Waals surface area contributed by atoms with Crippen molar-refractivity contribution in [3.8, 4) is 0 Å². The second kappa shape index (κ2) is 5.83. The third-order valence-electron chi connectivity index (χ3n) is 3.66. The Hall–Kier alpha value is -0.920. The number of rotatable bonds is 6. The molecule has 1 aromatic heterocycles. The van der Waals surface area contributed by atoms with Crippen molar-refractivity contribution in [1.82, 2.24) is 9.62 Å². The van der Waals surface area contributed by atoms with Gasteiger partial charge in [0.1, 0.15) is 4.21 Å². The molecule has 1 aliphatic carbocycles. The summed E-state index contributed by atoms with van der Waals surface area (Å²) in [5.74, 6) is 0.371. The van der Waals surface area contributed by atoms with Crippen LogP contribution in [0.25, 0.3) is 0 Å². The molecule has 0 radical (unpaired) electrons. The molecule has 20 heavy (non-hydrogen) atoms. The predicted octanol–water partition coefficient (Wildman–Crippen LogP) is 1.80. The Morgan fingerprint density at radius 1 is 1.50 bits per heavy atom. The van der Waals surface area contributed by atoms with E-state index in [1.165, 1.54) is 22.6 Å². The van der Waals surface area contributed by atoms with E-state index in [9.17, 15) is 13.2 Å². The molecule has 0 aliphatic heterocycles. The molecular weight excluding hydrogens is 296 g/mol. The molecule has 0 saturated heterocycles. The number of hydrogen-bond donors (Lipinski definition) is 1. The molecule has 1 N–H and O–H groups in total. The predicted molar refractivity (Wildman–Crippen MR) is 79.0 cm³/mol. The van der Waals surface area contributed by atoms with Crippen molar-refractivity contribution in [2.75, 3.05) is 7.05 Å². The lowest BCUT2D eigenvalue weighted by Gasteiger charge is -2.23. The van der Waals surface area contributed by atoms with Crippen molar-refractivity contribution in [3.63, 3.8) is 0 Å². The molecule has 1 aliphatic rings. The Bertz CT molecular complexity index is 591. The Balaban J connectivity index is 2.10. The third-order valence-corrected chi connectivity index (χ3v) is 7.16. The van der Waals surface area contributed by atoms with E-state index < -0.39 is 10.0 Å². The average molecular weight is 316 g/mol. The highest BCUT2D eigenvalue weighted by atomic mass is 32.2. The molecule has 2 rings (SSSR count). The van der Waals surface area contributed by atoms with Crippen LogP contribution in [0.3, 0.4) is 0 Å². The number of nitrogens with zero attached hydrogens (tertiary/aromatic N) is 1. The van der Waals surface area contributed by atoms with Gasteiger partial charge in [-0.05, 0) is 37.8 Å². The fourth-order valence-electron chi connectivity index (χ4n) is 2.04. The summed E-state index contributed by atoms with van der Waals surface area (Å²) in [6.07, 6.45) is 2.22. The Kier molecular flexibility index (Phi) is 4.51. The molecule has 1 saturated carbocycles. The average Bonchev–Trinajstić information content (AvgIpc) is 3.12. The van der Waals surface area contributed by atoms with E-state index >= 15 is 0 Å². The monoisotopic (exact) mass is 316 g/mol. The Morgan fingerprint density at radius 2 is 2.15 bits per heavy atom. The number of hydrogen-bond acceptors (Lipinski definition) is 4. The second-order valence-corrected chi connectivity index (χ2v) is 8.62. The zero-order valence-electron chi connectivity index (χ0n) is 11.9. The zero-order valence-corrected chi connectivity index (χ0v) is 13.6. The van der Waals surface area contributed by atoms with Crippen LogP contribution in [0.15, 0.2) is 16.3 Å². The van der Waals surface area contributed by atoms with Gasteiger partial charge in [-0.25, -0.2) is 8.42 Å². The Morgan fingerprint density at radius 3 is 2.70 bits per heavy atom. The number of nitrogens with one attached hydrogen (secondary N) is 1. The molecular formula is C13H20N2O3S2. The topological polar surface area (TPSA) is 66.5 Å². The number of carbonyl (C=O) groups is 1. The van der Waals surface area contributed by atoms with Crippen molar-refractivity contribution in [2.24, 2.45) is 5.92 Å². The zero-order chi connectivity index (χ0) is 14.9. The molecule has 1 heterocycles. The van der Waals surface area contributed by atoms with Crippen molar-refractivity contribution in [2.45, 2.75) is 43.5 Å². The van der Waals surface area contributed by atoms with Gasteiger partial charge in [0.05, 0.1) is 6.54 Å². The van der Waals surface area contributed by atoms with Crippen molar-refractivity contribution in [3.05, 3.63) is 17.0 Å². The molecule has 7 heteroatoms. The maximum atomic E-state index is 12.5. The summed E-state index contributed by atoms with van der Waals surface area (Å²) in [7, 11) is -1.78. The van der Waals surface area contributed by atoms with Crippen LogP contribution >= 0.6 is 11.3 Å². The summed E-state index contributed by atoms with van der Waals surface area (Å²) in [5, 5.41) is 2.67. The van der Waals surface area contributed by atoms with E-state index in [0.29, 0.717) is 16.7 Å². The van der Waals surface area contributed by atoms with Crippen LogP contribution in [0.1, 0.15) is 31.6 Å². The molecule has 1 unspecified atom stereocenters. The maximum absolute atomic E-state index is 12.5. The van der Waals surface area contributed by atoms with Gasteiger partial charge in [0.2, 0.25) is 5.91 Å². The lowest BCUT2D eigenvalue weighted by atomic mass is 10.2. The highest BCUT2D eigenvalue weighted by Gasteiger charge is 2.36. The van der Waals surface area contributed by atoms with Gasteiger partial charge >= 0.3 is 0 Å². The molecule has 1 aromatic rings. The first kappa shape index (κ1) is 15.5. The van der Waals surface area contributed by atoms with Crippen LogP contribution in [-0.2, 0) is 21.4 Å². The van der Waals surface area contributed by atoms with E-state index in [1.54, 1.807) is 19.2 Å². The van der Waals surface area contributed by atoms with E-state index in [0.717, 1.165) is 17.7 Å². The van der Waals surface area contributed by atoms with Gasteiger partial charge in [-0.2, -0.15) is 4.31 Å². The van der Waals surface area contributed by atoms with Gasteiger partial charge in [-0.1, -0.05) is 0 Å². The normalized spacial score (nSPS) is 17.2. The van der Waals surface area contributed by atoms with Gasteiger partial charge in [-0.15, -0.1) is 11.3 Å². The lowest BCUT2D eigenvalue weighted by molar-refractivity contribution is -0.119. The standard InChI is InChI=1S/C13H20N2O3S2/c1-9(11-4-5-11)15(3)20(17,18)13-7-6-12(19-13)8-14-10(2)16/h6-7,9,11H,4-5,8H2,1-3H3,(H,14,16). The minimum absolute atomic E-state index is 0.0425. The van der Waals surface area contributed by atoms with Gasteiger partial charge in [0.15, 0.2) is 0 Å². The first-order chi connectivity index (χ1) is 9.32. The molecule has 0 bridgehead atoms. The fraction of sp³-hybridized carbons (Fsp3) is 0.615. The summed E-state index contributed by atoms with van der Waals surface area (Å²) in [4.78, 5) is 11.7. The summed E-state index contributed by atoms with van der Waals surface area (Å²) in [5.41, 5.74) is 0. The van der Waals surface area contributed by atoms with Crippen LogP contribution in [0.5, 0.6) is 0 Å². The van der Waals surface area contributed by atoms with Crippen LogP contribution in [0, 0.1) is 5.92 Å². The van der Waals surface area contributed by atoms with Gasteiger partial charge in [0, 0.05) is 24.9 Å². The van der Waals surface area contributed by atoms with Crippen molar-refractivity contribution < 1.29 is 13.2 Å². The molecule has 112 valence electrons. The van der Waals surface area contributed by atoms with E-state index in [1.807, 2.05) is 6.92 Å². The third kappa shape index (κ3) is 3.39. The van der Waals surface area contributed by atoms with E-state index in [4.69, 9.17) is 0 Å². The summed E-state index contributed by atoms with van der Waals surface area (Å²) in [6.45, 7) is 3.77. The number of sulfonamides is 1. The molecule has 1 fully saturated rings. The Labute approximate surface area is 124 Å². The van der Waals surface area contributed by atoms with Crippen LogP contribution < -0.4 is 5.32 Å². The van der Waals surface area contributed by atoms with Gasteiger partial charge < -0.3 is 5.32 Å². The highest BCUT2D eigenvalue weighted by Crippen LogP contribution is 2.37. The largest absolute Gasteiger partial charge is 0.351 e. The van der Waals surface area contributed by atoms with Gasteiger partial charge in [-0.3, -0.25) is 4.79 Å². The number of thiophene rings is 1. The van der Waals surface area contributed by atoms with Gasteiger partial charge in [0.25, 0.3) is 10.0 Å². The highest BCUT2D eigenvalue weighted by molar-refractivity contribution is 7.91. The smallest absolute Gasteiger partial charge is 0.252 e. The van der Waals surface area contributed by atoms with Crippen molar-refractivity contribution in [1.29, 1.82) is 0 Å². The molecule has 0 spiro atoms. The second-order valence-electron chi connectivity index (χ2n) is 5.23. The molecule has 5 nitrogen and oxygen atoms in total. The number of amides is 1. The summed E-state index contributed by atoms with van der Waals surface area (Å²) < 4.78 is 26.8. The molecule has 0 aromatic carbocycles. The quantitative estimate of drug-likeness (QED) is 0.870. The minimum Gasteiger partial charge on any atom is -0.351 e. The molecule has 1 atom stereocenters. The summed E-state index contributed by atoms with van der Waals surface area (Å²) >= 11 is 1.22. The molecule has 1 amide bonds. The van der Waals surface area contributed by atoms with Crippen LogP contribution in [-0.4, -0.2) is 31.7 Å². The lowest BCUT2D eigenvalue weighted by Crippen LogP contribution is -2.36. The van der Waals surface area contributed by atoms with E-state index in [-0.39, 0.29) is 11.9 Å². The summed E-state index contributed by atoms with van der Waals surface area (Å²) in [6, 6.07) is 3.41. The van der Waals surface area contributed by atoms with E-state index in [2.05, 4.69) is 5.32 Å².